The fourth-order valence-electron chi connectivity index (χ4n) is 3.13. The van der Waals surface area contributed by atoms with Gasteiger partial charge < -0.3 is 14.6 Å². The Morgan fingerprint density at radius 1 is 1.29 bits per heavy atom. The Hall–Kier alpha value is -1.65. The van der Waals surface area contributed by atoms with Crippen LogP contribution in [0, 0.1) is 6.92 Å². The predicted molar refractivity (Wildman–Crippen MR) is 83.9 cm³/mol. The van der Waals surface area contributed by atoms with Crippen molar-refractivity contribution in [3.63, 3.8) is 0 Å². The van der Waals surface area contributed by atoms with E-state index in [1.54, 1.807) is 0 Å². The number of nitrogens with one attached hydrogen (secondary N) is 2. The number of fused-ring (bicyclic) bond motifs is 1. The van der Waals surface area contributed by atoms with Gasteiger partial charge in [0.15, 0.2) is 5.43 Å². The Kier molecular flexibility index (Phi) is 4.08. The second kappa shape index (κ2) is 6.00. The van der Waals surface area contributed by atoms with E-state index >= 15 is 0 Å². The third-order valence-corrected chi connectivity index (χ3v) is 4.44. The number of hydrogen-bond acceptors (Lipinski definition) is 2. The van der Waals surface area contributed by atoms with E-state index < -0.39 is 0 Å². The third-order valence-electron chi connectivity index (χ3n) is 4.44. The maximum atomic E-state index is 12.8. The van der Waals surface area contributed by atoms with Crippen molar-refractivity contribution >= 4 is 10.9 Å². The quantitative estimate of drug-likeness (QED) is 0.878. The summed E-state index contributed by atoms with van der Waals surface area (Å²) in [6.45, 7) is 8.46. The van der Waals surface area contributed by atoms with Crippen molar-refractivity contribution in [2.24, 2.45) is 0 Å². The van der Waals surface area contributed by atoms with Crippen LogP contribution in [0.2, 0.25) is 0 Å². The number of aryl methyl sites for hydroxylation is 2. The largest absolute Gasteiger partial charge is 0.370 e. The average Bonchev–Trinajstić information content (AvgIpc) is 2.52. The monoisotopic (exact) mass is 287 g/mol. The zero-order valence-corrected chi connectivity index (χ0v) is 12.8. The van der Waals surface area contributed by atoms with E-state index in [4.69, 9.17) is 4.74 Å². The van der Waals surface area contributed by atoms with E-state index in [0.717, 1.165) is 61.4 Å². The van der Waals surface area contributed by atoms with Gasteiger partial charge in [0.05, 0.1) is 24.3 Å². The summed E-state index contributed by atoms with van der Waals surface area (Å²) in [5.74, 6) is 0. The molecular weight excluding hydrogens is 264 g/mol. The minimum Gasteiger partial charge on any atom is -0.370 e. The molecule has 4 nitrogen and oxygen atoms in total. The van der Waals surface area contributed by atoms with Gasteiger partial charge in [-0.25, -0.2) is 0 Å². The summed E-state index contributed by atoms with van der Waals surface area (Å²) in [6, 6.07) is 6.01. The number of ether oxygens (including phenoxy) is 1. The number of hydrogen-bond donors (Lipinski definition) is 2. The Morgan fingerprint density at radius 2 is 2.05 bits per heavy atom. The van der Waals surface area contributed by atoms with Crippen molar-refractivity contribution in [1.82, 2.24) is 4.98 Å². The first-order chi connectivity index (χ1) is 10.2. The maximum absolute atomic E-state index is 12.8. The molecule has 0 radical (unpaired) electrons. The van der Waals surface area contributed by atoms with Crippen molar-refractivity contribution in [3.05, 3.63) is 45.2 Å². The first-order valence-corrected chi connectivity index (χ1v) is 7.75. The molecule has 0 amide bonds. The Morgan fingerprint density at radius 3 is 2.76 bits per heavy atom. The lowest BCUT2D eigenvalue weighted by Gasteiger charge is -2.24. The van der Waals surface area contributed by atoms with Crippen molar-refractivity contribution < 1.29 is 9.64 Å². The molecule has 0 saturated carbocycles. The van der Waals surface area contributed by atoms with Gasteiger partial charge in [-0.2, -0.15) is 0 Å². The van der Waals surface area contributed by atoms with Crippen LogP contribution in [0.3, 0.4) is 0 Å². The lowest BCUT2D eigenvalue weighted by Crippen LogP contribution is -3.13. The summed E-state index contributed by atoms with van der Waals surface area (Å²) in [5, 5.41) is 0.822. The molecule has 112 valence electrons. The topological polar surface area (TPSA) is 46.5 Å². The lowest BCUT2D eigenvalue weighted by molar-refractivity contribution is -0.921. The number of para-hydroxylation sites is 1. The molecule has 1 aromatic carbocycles. The van der Waals surface area contributed by atoms with Crippen molar-refractivity contribution in [3.8, 4) is 0 Å². The van der Waals surface area contributed by atoms with Crippen LogP contribution in [0.5, 0.6) is 0 Å². The number of morpholine rings is 1. The molecule has 1 fully saturated rings. The average molecular weight is 287 g/mol. The molecule has 1 aliphatic rings. The SMILES string of the molecule is CCc1cccc2c(=O)c(C[NH+]3CCOCC3)c(C)[nH]c12. The van der Waals surface area contributed by atoms with E-state index in [-0.39, 0.29) is 5.43 Å². The van der Waals surface area contributed by atoms with E-state index in [9.17, 15) is 4.79 Å². The zero-order chi connectivity index (χ0) is 14.8. The van der Waals surface area contributed by atoms with E-state index in [1.165, 1.54) is 10.5 Å². The number of H-pyrrole nitrogens is 1. The Balaban J connectivity index is 2.05. The molecule has 1 aromatic heterocycles. The van der Waals surface area contributed by atoms with Gasteiger partial charge in [0.25, 0.3) is 0 Å². The summed E-state index contributed by atoms with van der Waals surface area (Å²) < 4.78 is 5.39. The molecule has 1 aliphatic heterocycles. The van der Waals surface area contributed by atoms with Crippen LogP contribution in [-0.4, -0.2) is 31.3 Å². The molecule has 0 bridgehead atoms. The normalized spacial score (nSPS) is 16.5. The van der Waals surface area contributed by atoms with Gasteiger partial charge in [-0.15, -0.1) is 0 Å². The van der Waals surface area contributed by atoms with Gasteiger partial charge >= 0.3 is 0 Å². The van der Waals surface area contributed by atoms with Gasteiger partial charge in [-0.05, 0) is 25.0 Å². The summed E-state index contributed by atoms with van der Waals surface area (Å²) in [5.41, 5.74) is 4.33. The number of pyridine rings is 1. The van der Waals surface area contributed by atoms with Crippen LogP contribution < -0.4 is 10.3 Å². The van der Waals surface area contributed by atoms with E-state index in [2.05, 4.69) is 18.0 Å². The number of quaternary nitrogens is 1. The van der Waals surface area contributed by atoms with Crippen molar-refractivity contribution in [1.29, 1.82) is 0 Å². The van der Waals surface area contributed by atoms with Gasteiger partial charge in [0.1, 0.15) is 19.6 Å². The summed E-state index contributed by atoms with van der Waals surface area (Å²) >= 11 is 0. The van der Waals surface area contributed by atoms with Gasteiger partial charge in [0, 0.05) is 11.1 Å². The van der Waals surface area contributed by atoms with Crippen molar-refractivity contribution in [2.45, 2.75) is 26.8 Å². The molecule has 0 spiro atoms. The molecule has 2 N–H and O–H groups in total. The molecule has 0 unspecified atom stereocenters. The third kappa shape index (κ3) is 2.74. The first kappa shape index (κ1) is 14.3. The van der Waals surface area contributed by atoms with Gasteiger partial charge in [-0.1, -0.05) is 19.1 Å². The van der Waals surface area contributed by atoms with E-state index in [1.807, 2.05) is 19.1 Å². The predicted octanol–water partition coefficient (Wildman–Crippen LogP) is 0.814. The second-order valence-corrected chi connectivity index (χ2v) is 5.79. The number of aromatic amines is 1. The standard InChI is InChI=1S/C17H22N2O2/c1-3-13-5-4-6-14-16(13)18-12(2)15(17(14)20)11-19-7-9-21-10-8-19/h4-6H,3,7-11H2,1-2H3,(H,18,20)/p+1. The summed E-state index contributed by atoms with van der Waals surface area (Å²) in [4.78, 5) is 17.7. The minimum atomic E-state index is 0.190. The Labute approximate surface area is 124 Å². The molecule has 2 heterocycles. The van der Waals surface area contributed by atoms with Crippen molar-refractivity contribution in [2.75, 3.05) is 26.3 Å². The Bertz CT molecular complexity index is 700. The minimum absolute atomic E-state index is 0.190. The summed E-state index contributed by atoms with van der Waals surface area (Å²) in [7, 11) is 0. The van der Waals surface area contributed by atoms with Gasteiger partial charge in [-0.3, -0.25) is 4.79 Å². The fourth-order valence-corrected chi connectivity index (χ4v) is 3.13. The van der Waals surface area contributed by atoms with Crippen LogP contribution >= 0.6 is 0 Å². The fraction of sp³-hybridized carbons (Fsp3) is 0.471. The highest BCUT2D eigenvalue weighted by Crippen LogP contribution is 2.16. The number of aromatic nitrogens is 1. The van der Waals surface area contributed by atoms with Gasteiger partial charge in [0.2, 0.25) is 0 Å². The zero-order valence-electron chi connectivity index (χ0n) is 12.8. The number of benzene rings is 1. The van der Waals surface area contributed by atoms with E-state index in [0.29, 0.717) is 0 Å². The molecule has 3 rings (SSSR count). The molecule has 4 heteroatoms. The van der Waals surface area contributed by atoms with Crippen LogP contribution in [0.15, 0.2) is 23.0 Å². The van der Waals surface area contributed by atoms with Crippen LogP contribution in [0.4, 0.5) is 0 Å². The highest BCUT2D eigenvalue weighted by atomic mass is 16.5. The highest BCUT2D eigenvalue weighted by Gasteiger charge is 2.19. The highest BCUT2D eigenvalue weighted by molar-refractivity contribution is 5.82. The molecule has 2 aromatic rings. The lowest BCUT2D eigenvalue weighted by atomic mass is 10.0. The molecular formula is C17H23N2O2+. The van der Waals surface area contributed by atoms with Crippen LogP contribution in [-0.2, 0) is 17.7 Å². The molecule has 0 aliphatic carbocycles. The molecule has 21 heavy (non-hydrogen) atoms. The molecule has 1 saturated heterocycles. The second-order valence-electron chi connectivity index (χ2n) is 5.79. The first-order valence-electron chi connectivity index (χ1n) is 7.75. The van der Waals surface area contributed by atoms with Crippen LogP contribution in [0.1, 0.15) is 23.7 Å². The number of rotatable bonds is 3. The smallest absolute Gasteiger partial charge is 0.198 e. The molecule has 0 atom stereocenters. The maximum Gasteiger partial charge on any atom is 0.198 e. The van der Waals surface area contributed by atoms with Crippen LogP contribution in [0.25, 0.3) is 10.9 Å². The summed E-state index contributed by atoms with van der Waals surface area (Å²) in [6.07, 6.45) is 0.931.